The Morgan fingerprint density at radius 1 is 1.67 bits per heavy atom. The second-order valence-corrected chi connectivity index (χ2v) is 3.80. The first kappa shape index (κ1) is 11.7. The summed E-state index contributed by atoms with van der Waals surface area (Å²) in [5, 5.41) is 9.59. The third-order valence-electron chi connectivity index (χ3n) is 2.10. The minimum atomic E-state index is -0.0396. The largest absolute Gasteiger partial charge is 0.330 e. The molecule has 1 heterocycles. The highest BCUT2D eigenvalue weighted by molar-refractivity contribution is 5.89. The number of rotatable bonds is 5. The molecule has 0 unspecified atom stereocenters. The molecule has 1 amide bonds. The zero-order valence-electron chi connectivity index (χ0n) is 9.21. The van der Waals surface area contributed by atoms with E-state index in [-0.39, 0.29) is 5.91 Å². The molecule has 1 aromatic heterocycles. The second kappa shape index (κ2) is 5.50. The van der Waals surface area contributed by atoms with Crippen LogP contribution in [0, 0.1) is 0 Å². The van der Waals surface area contributed by atoms with Gasteiger partial charge in [0, 0.05) is 18.2 Å². The number of carbonyl (C=O) groups is 1. The number of nitrogens with one attached hydrogen (secondary N) is 2. The van der Waals surface area contributed by atoms with Crippen LogP contribution in [-0.2, 0) is 4.79 Å². The molecule has 0 aliphatic carbocycles. The van der Waals surface area contributed by atoms with Gasteiger partial charge in [-0.3, -0.25) is 9.89 Å². The minimum absolute atomic E-state index is 0.0396. The van der Waals surface area contributed by atoms with Gasteiger partial charge in [0.05, 0.1) is 0 Å². The second-order valence-electron chi connectivity index (χ2n) is 3.80. The van der Waals surface area contributed by atoms with E-state index in [1.165, 1.54) is 0 Å². The highest BCUT2D eigenvalue weighted by Gasteiger charge is 2.07. The summed E-state index contributed by atoms with van der Waals surface area (Å²) >= 11 is 0. The molecule has 1 aromatic rings. The van der Waals surface area contributed by atoms with Crippen molar-refractivity contribution in [2.45, 2.75) is 32.6 Å². The van der Waals surface area contributed by atoms with Gasteiger partial charge in [-0.2, -0.15) is 5.10 Å². The lowest BCUT2D eigenvalue weighted by Crippen LogP contribution is -2.13. The minimum Gasteiger partial charge on any atom is -0.330 e. The van der Waals surface area contributed by atoms with Crippen LogP contribution >= 0.6 is 0 Å². The molecule has 4 N–H and O–H groups in total. The first-order valence-electron chi connectivity index (χ1n) is 5.18. The van der Waals surface area contributed by atoms with E-state index in [0.717, 1.165) is 5.69 Å². The third kappa shape index (κ3) is 3.71. The number of carbonyl (C=O) groups excluding carboxylic acids is 1. The number of H-pyrrole nitrogens is 1. The van der Waals surface area contributed by atoms with Crippen molar-refractivity contribution in [2.24, 2.45) is 5.73 Å². The Kier molecular flexibility index (Phi) is 4.30. The fourth-order valence-electron chi connectivity index (χ4n) is 1.16. The Labute approximate surface area is 89.4 Å². The lowest BCUT2D eigenvalue weighted by atomic mass is 10.1. The van der Waals surface area contributed by atoms with E-state index >= 15 is 0 Å². The maximum Gasteiger partial charge on any atom is 0.225 e. The van der Waals surface area contributed by atoms with Gasteiger partial charge in [-0.25, -0.2) is 0 Å². The molecule has 0 aromatic carbocycles. The van der Waals surface area contributed by atoms with E-state index in [2.05, 4.69) is 29.4 Å². The van der Waals surface area contributed by atoms with E-state index in [4.69, 9.17) is 5.73 Å². The van der Waals surface area contributed by atoms with Gasteiger partial charge in [0.25, 0.3) is 0 Å². The molecule has 5 heteroatoms. The molecule has 0 saturated carbocycles. The van der Waals surface area contributed by atoms with Crippen LogP contribution in [0.1, 0.15) is 38.3 Å². The van der Waals surface area contributed by atoms with Gasteiger partial charge in [-0.15, -0.1) is 0 Å². The first-order valence-corrected chi connectivity index (χ1v) is 5.18. The Morgan fingerprint density at radius 2 is 2.40 bits per heavy atom. The summed E-state index contributed by atoms with van der Waals surface area (Å²) in [4.78, 5) is 11.3. The topological polar surface area (TPSA) is 83.8 Å². The average Bonchev–Trinajstić information content (AvgIpc) is 2.63. The predicted octanol–water partition coefficient (Wildman–Crippen LogP) is 1.21. The number of nitrogens with two attached hydrogens (primary N) is 1. The van der Waals surface area contributed by atoms with Crippen LogP contribution in [0.25, 0.3) is 0 Å². The first-order chi connectivity index (χ1) is 7.13. The molecular weight excluding hydrogens is 192 g/mol. The summed E-state index contributed by atoms with van der Waals surface area (Å²) in [6, 6.07) is 1.85. The molecule has 0 spiro atoms. The smallest absolute Gasteiger partial charge is 0.225 e. The molecular formula is C10H18N4O. The molecule has 0 fully saturated rings. The molecule has 15 heavy (non-hydrogen) atoms. The number of amides is 1. The van der Waals surface area contributed by atoms with Gasteiger partial charge in [0.2, 0.25) is 5.91 Å². The van der Waals surface area contributed by atoms with Crippen molar-refractivity contribution in [3.05, 3.63) is 11.8 Å². The maximum absolute atomic E-state index is 11.3. The van der Waals surface area contributed by atoms with Crippen LogP contribution in [0.5, 0.6) is 0 Å². The highest BCUT2D eigenvalue weighted by Crippen LogP contribution is 2.14. The summed E-state index contributed by atoms with van der Waals surface area (Å²) in [5.74, 6) is 0.926. The number of hydrogen-bond donors (Lipinski definition) is 3. The zero-order valence-corrected chi connectivity index (χ0v) is 9.21. The number of hydrogen-bond acceptors (Lipinski definition) is 3. The van der Waals surface area contributed by atoms with Crippen LogP contribution < -0.4 is 11.1 Å². The fourth-order valence-corrected chi connectivity index (χ4v) is 1.16. The number of aromatic amines is 1. The van der Waals surface area contributed by atoms with Crippen LogP contribution in [0.15, 0.2) is 6.07 Å². The predicted molar refractivity (Wildman–Crippen MR) is 59.6 cm³/mol. The van der Waals surface area contributed by atoms with Crippen molar-refractivity contribution in [1.82, 2.24) is 10.2 Å². The quantitative estimate of drug-likeness (QED) is 0.683. The van der Waals surface area contributed by atoms with Crippen molar-refractivity contribution in [3.63, 3.8) is 0 Å². The molecule has 0 bridgehead atoms. The van der Waals surface area contributed by atoms with Crippen molar-refractivity contribution in [3.8, 4) is 0 Å². The van der Waals surface area contributed by atoms with Crippen LogP contribution in [0.3, 0.4) is 0 Å². The molecule has 0 saturated heterocycles. The average molecular weight is 210 g/mol. The third-order valence-corrected chi connectivity index (χ3v) is 2.10. The zero-order chi connectivity index (χ0) is 11.3. The normalized spacial score (nSPS) is 10.7. The molecule has 0 aliphatic rings. The summed E-state index contributed by atoms with van der Waals surface area (Å²) in [6.45, 7) is 4.66. The molecule has 0 aliphatic heterocycles. The Hall–Kier alpha value is -1.36. The van der Waals surface area contributed by atoms with Crippen molar-refractivity contribution >= 4 is 11.7 Å². The van der Waals surface area contributed by atoms with Crippen LogP contribution in [0.2, 0.25) is 0 Å². The van der Waals surface area contributed by atoms with E-state index in [9.17, 15) is 4.79 Å². The van der Waals surface area contributed by atoms with Crippen molar-refractivity contribution in [1.29, 1.82) is 0 Å². The summed E-state index contributed by atoms with van der Waals surface area (Å²) in [5.41, 5.74) is 6.33. The van der Waals surface area contributed by atoms with Gasteiger partial charge >= 0.3 is 0 Å². The van der Waals surface area contributed by atoms with Crippen molar-refractivity contribution in [2.75, 3.05) is 11.9 Å². The van der Waals surface area contributed by atoms with E-state index < -0.39 is 0 Å². The molecule has 84 valence electrons. The monoisotopic (exact) mass is 210 g/mol. The Morgan fingerprint density at radius 3 is 2.93 bits per heavy atom. The van der Waals surface area contributed by atoms with Gasteiger partial charge in [-0.05, 0) is 18.9 Å². The lowest BCUT2D eigenvalue weighted by molar-refractivity contribution is -0.116. The van der Waals surface area contributed by atoms with Crippen molar-refractivity contribution < 1.29 is 4.79 Å². The van der Waals surface area contributed by atoms with Gasteiger partial charge in [0.15, 0.2) is 5.82 Å². The molecule has 0 radical (unpaired) electrons. The lowest BCUT2D eigenvalue weighted by Gasteiger charge is -1.99. The van der Waals surface area contributed by atoms with Gasteiger partial charge in [0.1, 0.15) is 0 Å². The molecule has 1 rings (SSSR count). The van der Waals surface area contributed by atoms with E-state index in [0.29, 0.717) is 31.1 Å². The standard InChI is InChI=1S/C10H18N4O/c1-7(2)8-6-9(14-13-8)12-10(15)4-3-5-11/h6-7H,3-5,11H2,1-2H3,(H2,12,13,14,15). The Bertz CT molecular complexity index is 319. The maximum atomic E-state index is 11.3. The van der Waals surface area contributed by atoms with E-state index in [1.54, 1.807) is 0 Å². The number of anilines is 1. The molecule has 5 nitrogen and oxygen atoms in total. The fraction of sp³-hybridized carbons (Fsp3) is 0.600. The Balaban J connectivity index is 2.46. The SMILES string of the molecule is CC(C)c1cc(NC(=O)CCCN)n[nH]1. The van der Waals surface area contributed by atoms with Crippen LogP contribution in [0.4, 0.5) is 5.82 Å². The number of nitrogens with zero attached hydrogens (tertiary/aromatic N) is 1. The summed E-state index contributed by atoms with van der Waals surface area (Å²) < 4.78 is 0. The summed E-state index contributed by atoms with van der Waals surface area (Å²) in [6.07, 6.45) is 1.15. The number of aromatic nitrogens is 2. The highest BCUT2D eigenvalue weighted by atomic mass is 16.1. The van der Waals surface area contributed by atoms with E-state index in [1.807, 2.05) is 6.07 Å². The molecule has 0 atom stereocenters. The van der Waals surface area contributed by atoms with Crippen LogP contribution in [-0.4, -0.2) is 22.6 Å². The van der Waals surface area contributed by atoms with Gasteiger partial charge in [-0.1, -0.05) is 13.8 Å². The summed E-state index contributed by atoms with van der Waals surface area (Å²) in [7, 11) is 0. The van der Waals surface area contributed by atoms with Gasteiger partial charge < -0.3 is 11.1 Å².